The van der Waals surface area contributed by atoms with Gasteiger partial charge in [0.25, 0.3) is 0 Å². The van der Waals surface area contributed by atoms with Crippen molar-refractivity contribution < 1.29 is 14.7 Å². The minimum Gasteiger partial charge on any atom is -0.481 e. The lowest BCUT2D eigenvalue weighted by molar-refractivity contribution is -0.143. The molecule has 1 aliphatic heterocycles. The Bertz CT molecular complexity index is 302. The molecule has 2 rings (SSSR count). The number of nitrogens with one attached hydrogen (secondary N) is 1. The van der Waals surface area contributed by atoms with Gasteiger partial charge in [-0.2, -0.15) is 0 Å². The Kier molecular flexibility index (Phi) is 3.14. The van der Waals surface area contributed by atoms with Crippen LogP contribution in [0.2, 0.25) is 0 Å². The molecule has 0 spiro atoms. The Labute approximate surface area is 94.8 Å². The lowest BCUT2D eigenvalue weighted by Gasteiger charge is -2.23. The van der Waals surface area contributed by atoms with Crippen LogP contribution in [0.15, 0.2) is 0 Å². The molecule has 5 heteroatoms. The standard InChI is InChI=1S/C11H18N2O3/c1-7-9(11(15)16)4-5-13(7)10(14)6-12-8-2-3-8/h7-9,12H,2-6H2,1H3,(H,15,16). The number of amides is 1. The van der Waals surface area contributed by atoms with E-state index in [1.807, 2.05) is 6.92 Å². The summed E-state index contributed by atoms with van der Waals surface area (Å²) in [5.41, 5.74) is 0. The highest BCUT2D eigenvalue weighted by molar-refractivity contribution is 5.81. The molecule has 2 N–H and O–H groups in total. The van der Waals surface area contributed by atoms with E-state index in [0.717, 1.165) is 12.8 Å². The van der Waals surface area contributed by atoms with Crippen molar-refractivity contribution in [1.29, 1.82) is 0 Å². The van der Waals surface area contributed by atoms with Gasteiger partial charge >= 0.3 is 5.97 Å². The summed E-state index contributed by atoms with van der Waals surface area (Å²) in [5.74, 6) is -1.16. The number of rotatable bonds is 4. The van der Waals surface area contributed by atoms with E-state index in [2.05, 4.69) is 5.32 Å². The third kappa shape index (κ3) is 2.35. The van der Waals surface area contributed by atoms with E-state index in [4.69, 9.17) is 5.11 Å². The number of hydrogen-bond acceptors (Lipinski definition) is 3. The van der Waals surface area contributed by atoms with Gasteiger partial charge in [0.1, 0.15) is 0 Å². The van der Waals surface area contributed by atoms with E-state index in [1.165, 1.54) is 0 Å². The molecule has 0 aromatic carbocycles. The molecule has 0 aromatic rings. The second-order valence-corrected chi connectivity index (χ2v) is 4.72. The van der Waals surface area contributed by atoms with Crippen LogP contribution >= 0.6 is 0 Å². The molecule has 5 nitrogen and oxygen atoms in total. The van der Waals surface area contributed by atoms with Crippen LogP contribution in [0.1, 0.15) is 26.2 Å². The van der Waals surface area contributed by atoms with Crippen LogP contribution in [0.3, 0.4) is 0 Å². The maximum Gasteiger partial charge on any atom is 0.308 e. The first-order chi connectivity index (χ1) is 7.59. The zero-order valence-electron chi connectivity index (χ0n) is 9.48. The molecule has 2 aliphatic rings. The van der Waals surface area contributed by atoms with Gasteiger partial charge in [0.05, 0.1) is 12.5 Å². The van der Waals surface area contributed by atoms with Gasteiger partial charge < -0.3 is 15.3 Å². The normalized spacial score (nSPS) is 29.4. The van der Waals surface area contributed by atoms with Crippen molar-refractivity contribution in [3.8, 4) is 0 Å². The Balaban J connectivity index is 1.84. The van der Waals surface area contributed by atoms with Gasteiger partial charge in [-0.1, -0.05) is 0 Å². The van der Waals surface area contributed by atoms with Gasteiger partial charge in [-0.3, -0.25) is 9.59 Å². The summed E-state index contributed by atoms with van der Waals surface area (Å²) < 4.78 is 0. The zero-order valence-corrected chi connectivity index (χ0v) is 9.48. The lowest BCUT2D eigenvalue weighted by Crippen LogP contribution is -2.42. The summed E-state index contributed by atoms with van der Waals surface area (Å²) in [4.78, 5) is 24.4. The van der Waals surface area contributed by atoms with Crippen LogP contribution in [0.25, 0.3) is 0 Å². The van der Waals surface area contributed by atoms with E-state index in [0.29, 0.717) is 25.6 Å². The highest BCUT2D eigenvalue weighted by atomic mass is 16.4. The highest BCUT2D eigenvalue weighted by Crippen LogP contribution is 2.24. The molecule has 0 radical (unpaired) electrons. The molecular formula is C11H18N2O3. The van der Waals surface area contributed by atoms with E-state index in [-0.39, 0.29) is 11.9 Å². The number of nitrogens with zero attached hydrogens (tertiary/aromatic N) is 1. The van der Waals surface area contributed by atoms with Gasteiger partial charge in [0, 0.05) is 18.6 Å². The first-order valence-electron chi connectivity index (χ1n) is 5.85. The third-order valence-electron chi connectivity index (χ3n) is 3.51. The summed E-state index contributed by atoms with van der Waals surface area (Å²) in [5, 5.41) is 12.1. The molecule has 0 aromatic heterocycles. The van der Waals surface area contributed by atoms with Crippen molar-refractivity contribution in [1.82, 2.24) is 10.2 Å². The Hall–Kier alpha value is -1.10. The number of hydrogen-bond donors (Lipinski definition) is 2. The second-order valence-electron chi connectivity index (χ2n) is 4.72. The molecule has 1 aliphatic carbocycles. The van der Waals surface area contributed by atoms with Gasteiger partial charge in [0.15, 0.2) is 0 Å². The summed E-state index contributed by atoms with van der Waals surface area (Å²) in [6.45, 7) is 2.74. The number of carbonyl (C=O) groups is 2. The van der Waals surface area contributed by atoms with E-state index < -0.39 is 11.9 Å². The van der Waals surface area contributed by atoms with E-state index in [1.54, 1.807) is 4.90 Å². The molecule has 2 atom stereocenters. The number of aliphatic carboxylic acids is 1. The molecule has 1 saturated carbocycles. The van der Waals surface area contributed by atoms with Gasteiger partial charge in [-0.25, -0.2) is 0 Å². The Morgan fingerprint density at radius 3 is 2.56 bits per heavy atom. The van der Waals surface area contributed by atoms with Gasteiger partial charge in [-0.15, -0.1) is 0 Å². The quantitative estimate of drug-likeness (QED) is 0.711. The predicted molar refractivity (Wildman–Crippen MR) is 57.9 cm³/mol. The topological polar surface area (TPSA) is 69.6 Å². The largest absolute Gasteiger partial charge is 0.481 e. The minimum absolute atomic E-state index is 0.0307. The summed E-state index contributed by atoms with van der Waals surface area (Å²) >= 11 is 0. The number of carbonyl (C=O) groups excluding carboxylic acids is 1. The molecule has 1 saturated heterocycles. The smallest absolute Gasteiger partial charge is 0.308 e. The van der Waals surface area contributed by atoms with E-state index >= 15 is 0 Å². The fourth-order valence-corrected chi connectivity index (χ4v) is 2.24. The van der Waals surface area contributed by atoms with Crippen LogP contribution < -0.4 is 5.32 Å². The van der Waals surface area contributed by atoms with Crippen molar-refractivity contribution in [3.63, 3.8) is 0 Å². The average molecular weight is 226 g/mol. The highest BCUT2D eigenvalue weighted by Gasteiger charge is 2.38. The van der Waals surface area contributed by atoms with Crippen molar-refractivity contribution in [2.75, 3.05) is 13.1 Å². The summed E-state index contributed by atoms with van der Waals surface area (Å²) in [6, 6.07) is 0.336. The number of carboxylic acid groups (broad SMARTS) is 1. The maximum atomic E-state index is 11.8. The molecule has 2 unspecified atom stereocenters. The molecule has 1 heterocycles. The monoisotopic (exact) mass is 226 g/mol. The Morgan fingerprint density at radius 2 is 2.06 bits per heavy atom. The number of carboxylic acids is 1. The molecule has 0 bridgehead atoms. The summed E-state index contributed by atoms with van der Waals surface area (Å²) in [6.07, 6.45) is 2.88. The molecule has 1 amide bonds. The van der Waals surface area contributed by atoms with Crippen molar-refractivity contribution >= 4 is 11.9 Å². The van der Waals surface area contributed by atoms with Crippen LogP contribution in [-0.2, 0) is 9.59 Å². The average Bonchev–Trinajstić information content (AvgIpc) is 2.97. The van der Waals surface area contributed by atoms with Crippen molar-refractivity contribution in [2.45, 2.75) is 38.3 Å². The van der Waals surface area contributed by atoms with Crippen LogP contribution in [0.5, 0.6) is 0 Å². The second kappa shape index (κ2) is 4.41. The zero-order chi connectivity index (χ0) is 11.7. The van der Waals surface area contributed by atoms with Gasteiger partial charge in [-0.05, 0) is 26.2 Å². The fraction of sp³-hybridized carbons (Fsp3) is 0.818. The molecule has 2 fully saturated rings. The SMILES string of the molecule is CC1C(C(=O)O)CCN1C(=O)CNC1CC1. The van der Waals surface area contributed by atoms with Crippen molar-refractivity contribution in [3.05, 3.63) is 0 Å². The first kappa shape index (κ1) is 11.4. The van der Waals surface area contributed by atoms with Crippen LogP contribution in [0, 0.1) is 5.92 Å². The van der Waals surface area contributed by atoms with Crippen LogP contribution in [-0.4, -0.2) is 47.1 Å². The molecule has 16 heavy (non-hydrogen) atoms. The van der Waals surface area contributed by atoms with Gasteiger partial charge in [0.2, 0.25) is 5.91 Å². The van der Waals surface area contributed by atoms with Crippen LogP contribution in [0.4, 0.5) is 0 Å². The first-order valence-corrected chi connectivity index (χ1v) is 5.85. The fourth-order valence-electron chi connectivity index (χ4n) is 2.24. The summed E-state index contributed by atoms with van der Waals surface area (Å²) in [7, 11) is 0. The lowest BCUT2D eigenvalue weighted by atomic mass is 10.0. The van der Waals surface area contributed by atoms with E-state index in [9.17, 15) is 9.59 Å². The maximum absolute atomic E-state index is 11.8. The molecule has 90 valence electrons. The third-order valence-corrected chi connectivity index (χ3v) is 3.51. The number of likely N-dealkylation sites (tertiary alicyclic amines) is 1. The molecular weight excluding hydrogens is 208 g/mol. The van der Waals surface area contributed by atoms with Crippen molar-refractivity contribution in [2.24, 2.45) is 5.92 Å². The Morgan fingerprint density at radius 1 is 1.38 bits per heavy atom. The minimum atomic E-state index is -0.794. The predicted octanol–water partition coefficient (Wildman–Crippen LogP) is 0.0600.